The molecule has 0 aliphatic carbocycles. The number of nitrogens with one attached hydrogen (secondary N) is 1. The molecule has 1 N–H and O–H groups in total. The molecule has 1 aromatic carbocycles. The molecule has 1 heterocycles. The smallest absolute Gasteiger partial charge is 0.174 e. The Morgan fingerprint density at radius 3 is 2.32 bits per heavy atom. The van der Waals surface area contributed by atoms with E-state index in [2.05, 4.69) is 73.2 Å². The van der Waals surface area contributed by atoms with E-state index in [4.69, 9.17) is 0 Å². The Morgan fingerprint density at radius 1 is 1.05 bits per heavy atom. The van der Waals surface area contributed by atoms with Crippen molar-refractivity contribution >= 4 is 30.5 Å². The quantitative estimate of drug-likeness (QED) is 0.920. The van der Waals surface area contributed by atoms with Crippen molar-refractivity contribution in [2.75, 3.05) is 23.3 Å². The maximum atomic E-state index is 4.59. The molecule has 0 aliphatic rings. The summed E-state index contributed by atoms with van der Waals surface area (Å²) in [7, 11) is 0. The Balaban J connectivity index is 2.54. The average Bonchev–Trinajstić information content (AvgIpc) is 2.49. The highest BCUT2D eigenvalue weighted by Crippen LogP contribution is 2.26. The third-order valence-corrected chi connectivity index (χ3v) is 3.95. The van der Waals surface area contributed by atoms with E-state index in [9.17, 15) is 0 Å². The minimum absolute atomic E-state index is 0.601. The molecule has 1 aromatic heterocycles. The minimum atomic E-state index is 0.601. The van der Waals surface area contributed by atoms with Gasteiger partial charge in [-0.1, -0.05) is 25.3 Å². The van der Waals surface area contributed by atoms with Crippen molar-refractivity contribution in [3.05, 3.63) is 40.0 Å². The molecule has 2 rings (SSSR count). The molecule has 116 valence electrons. The molecule has 4 nitrogen and oxygen atoms in total. The van der Waals surface area contributed by atoms with Crippen LogP contribution in [-0.4, -0.2) is 23.1 Å². The number of hydrogen-bond donors (Lipinski definition) is 1. The molecule has 0 bridgehead atoms. The van der Waals surface area contributed by atoms with E-state index < -0.39 is 0 Å². The van der Waals surface area contributed by atoms with Crippen LogP contribution in [0.5, 0.6) is 0 Å². The lowest BCUT2D eigenvalue weighted by Gasteiger charge is -2.23. The fourth-order valence-electron chi connectivity index (χ4n) is 2.34. The summed E-state index contributed by atoms with van der Waals surface area (Å²) in [4.78, 5) is 11.3. The molecule has 0 saturated carbocycles. The molecule has 0 spiro atoms. The van der Waals surface area contributed by atoms with Crippen LogP contribution in [0.3, 0.4) is 0 Å². The van der Waals surface area contributed by atoms with Gasteiger partial charge in [-0.15, -0.1) is 0 Å². The molecule has 0 fully saturated rings. The van der Waals surface area contributed by atoms with Crippen LogP contribution in [0.1, 0.15) is 25.0 Å². The van der Waals surface area contributed by atoms with Crippen molar-refractivity contribution < 1.29 is 0 Å². The third-order valence-electron chi connectivity index (χ3n) is 3.95. The monoisotopic (exact) mass is 296 g/mol. The fraction of sp³-hybridized carbons (Fsp3) is 0.333. The van der Waals surface area contributed by atoms with E-state index in [0.29, 0.717) is 10.7 Å². The summed E-state index contributed by atoms with van der Waals surface area (Å²) in [5.41, 5.74) is 3.49. The van der Waals surface area contributed by atoms with E-state index in [1.165, 1.54) is 11.1 Å². The number of aryl methyl sites for hydroxylation is 1. The number of benzene rings is 1. The van der Waals surface area contributed by atoms with Crippen LogP contribution in [0.25, 0.3) is 13.2 Å². The molecular formula is C18H24N4. The number of rotatable bonds is 5. The summed E-state index contributed by atoms with van der Waals surface area (Å²) in [6, 6.07) is 6.19. The number of aromatic nitrogens is 2. The largest absolute Gasteiger partial charge is 0.354 e. The number of anilines is 3. The summed E-state index contributed by atoms with van der Waals surface area (Å²) in [5.74, 6) is 1.55. The van der Waals surface area contributed by atoms with Crippen molar-refractivity contribution in [1.82, 2.24) is 9.97 Å². The molecule has 0 atom stereocenters. The highest BCUT2D eigenvalue weighted by Gasteiger charge is 2.13. The Labute approximate surface area is 132 Å². The average molecular weight is 296 g/mol. The predicted molar refractivity (Wildman–Crippen MR) is 95.1 cm³/mol. The lowest BCUT2D eigenvalue weighted by Crippen LogP contribution is -2.34. The van der Waals surface area contributed by atoms with Gasteiger partial charge in [-0.2, -0.15) is 0 Å². The minimum Gasteiger partial charge on any atom is -0.354 e. The molecular weight excluding hydrogens is 272 g/mol. The normalized spacial score (nSPS) is 10.5. The second kappa shape index (κ2) is 6.60. The first-order valence-corrected chi connectivity index (χ1v) is 7.62. The van der Waals surface area contributed by atoms with E-state index in [-0.39, 0.29) is 0 Å². The second-order valence-corrected chi connectivity index (χ2v) is 5.33. The van der Waals surface area contributed by atoms with Gasteiger partial charge in [0.25, 0.3) is 0 Å². The highest BCUT2D eigenvalue weighted by molar-refractivity contribution is 5.70. The van der Waals surface area contributed by atoms with Crippen molar-refractivity contribution in [1.29, 1.82) is 0 Å². The maximum absolute atomic E-state index is 4.59. The van der Waals surface area contributed by atoms with Gasteiger partial charge in [0.05, 0.1) is 10.7 Å². The van der Waals surface area contributed by atoms with Gasteiger partial charge in [0, 0.05) is 18.8 Å². The summed E-state index contributed by atoms with van der Waals surface area (Å²) in [5, 5.41) is 4.64. The van der Waals surface area contributed by atoms with Crippen molar-refractivity contribution in [2.24, 2.45) is 0 Å². The Bertz CT molecular complexity index is 763. The summed E-state index contributed by atoms with van der Waals surface area (Å²) >= 11 is 0. The second-order valence-electron chi connectivity index (χ2n) is 5.33. The Kier molecular flexibility index (Phi) is 4.81. The molecule has 22 heavy (non-hydrogen) atoms. The lowest BCUT2D eigenvalue weighted by atomic mass is 10.1. The van der Waals surface area contributed by atoms with Gasteiger partial charge in [-0.3, -0.25) is 0 Å². The molecule has 0 amide bonds. The lowest BCUT2D eigenvalue weighted by molar-refractivity contribution is 0.836. The van der Waals surface area contributed by atoms with E-state index in [1.54, 1.807) is 0 Å². The molecule has 4 heteroatoms. The molecule has 0 aliphatic heterocycles. The maximum Gasteiger partial charge on any atom is 0.174 e. The van der Waals surface area contributed by atoms with Crippen molar-refractivity contribution in [3.8, 4) is 0 Å². The molecule has 2 aromatic rings. The van der Waals surface area contributed by atoms with Crippen LogP contribution >= 0.6 is 0 Å². The Hall–Kier alpha value is -2.36. The molecule has 0 radical (unpaired) electrons. The first kappa shape index (κ1) is 16.0. The van der Waals surface area contributed by atoms with Gasteiger partial charge < -0.3 is 10.2 Å². The highest BCUT2D eigenvalue weighted by atomic mass is 15.2. The zero-order chi connectivity index (χ0) is 16.3. The SMILES string of the molecule is C=c1nc(Nc2cccc(C)c2C)c(N(CC)CC)nc1=C. The van der Waals surface area contributed by atoms with Crippen LogP contribution in [0.4, 0.5) is 17.3 Å². The van der Waals surface area contributed by atoms with Gasteiger partial charge in [0.15, 0.2) is 11.6 Å². The van der Waals surface area contributed by atoms with Crippen LogP contribution in [-0.2, 0) is 0 Å². The van der Waals surface area contributed by atoms with Crippen molar-refractivity contribution in [3.63, 3.8) is 0 Å². The van der Waals surface area contributed by atoms with Crippen molar-refractivity contribution in [2.45, 2.75) is 27.7 Å². The van der Waals surface area contributed by atoms with Gasteiger partial charge in [-0.25, -0.2) is 9.97 Å². The third kappa shape index (κ3) is 3.11. The van der Waals surface area contributed by atoms with Crippen LogP contribution in [0.15, 0.2) is 18.2 Å². The molecule has 0 saturated heterocycles. The topological polar surface area (TPSA) is 41.1 Å². The van der Waals surface area contributed by atoms with Crippen LogP contribution < -0.4 is 20.9 Å². The van der Waals surface area contributed by atoms with Gasteiger partial charge in [-0.05, 0) is 44.9 Å². The summed E-state index contributed by atoms with van der Waals surface area (Å²) < 4.78 is 0. The van der Waals surface area contributed by atoms with Crippen LogP contribution in [0, 0.1) is 13.8 Å². The van der Waals surface area contributed by atoms with E-state index in [1.807, 2.05) is 6.07 Å². The zero-order valence-electron chi connectivity index (χ0n) is 13.9. The van der Waals surface area contributed by atoms with Crippen LogP contribution in [0.2, 0.25) is 0 Å². The Morgan fingerprint density at radius 2 is 1.68 bits per heavy atom. The molecule has 0 unspecified atom stereocenters. The van der Waals surface area contributed by atoms with Gasteiger partial charge in [0.2, 0.25) is 0 Å². The first-order valence-electron chi connectivity index (χ1n) is 7.62. The standard InChI is InChI=1S/C18H24N4/c1-7-22(8-2)18-17(19-14(5)15(6)20-18)21-16-11-9-10-12(3)13(16)4/h9-11H,5-8H2,1-4H3,(H,19,21). The summed E-state index contributed by atoms with van der Waals surface area (Å²) in [6.45, 7) is 18.0. The van der Waals surface area contributed by atoms with E-state index >= 15 is 0 Å². The predicted octanol–water partition coefficient (Wildman–Crippen LogP) is 2.50. The van der Waals surface area contributed by atoms with Gasteiger partial charge >= 0.3 is 0 Å². The first-order chi connectivity index (χ1) is 10.5. The summed E-state index contributed by atoms with van der Waals surface area (Å²) in [6.07, 6.45) is 0. The van der Waals surface area contributed by atoms with Gasteiger partial charge in [0.1, 0.15) is 0 Å². The number of nitrogens with zero attached hydrogens (tertiary/aromatic N) is 3. The number of hydrogen-bond acceptors (Lipinski definition) is 4. The fourth-order valence-corrected chi connectivity index (χ4v) is 2.34. The zero-order valence-corrected chi connectivity index (χ0v) is 13.9. The van der Waals surface area contributed by atoms with E-state index in [0.717, 1.165) is 30.4 Å².